The van der Waals surface area contributed by atoms with Gasteiger partial charge in [-0.25, -0.2) is 4.79 Å². The number of benzene rings is 2. The van der Waals surface area contributed by atoms with Gasteiger partial charge in [0, 0.05) is 4.90 Å². The van der Waals surface area contributed by atoms with Gasteiger partial charge < -0.3 is 9.84 Å². The zero-order valence-corrected chi connectivity index (χ0v) is 10.8. The largest absolute Gasteiger partial charge is 0.463 e. The molecule has 2 rings (SSSR count). The average molecular weight is 262 g/mol. The maximum Gasteiger partial charge on any atom is 0.345 e. The number of thioether (sulfide) groups is 1. The average Bonchev–Trinajstić information content (AvgIpc) is 2.39. The van der Waals surface area contributed by atoms with Crippen molar-refractivity contribution in [2.45, 2.75) is 17.3 Å². The van der Waals surface area contributed by atoms with Crippen LogP contribution in [0.5, 0.6) is 0 Å². The van der Waals surface area contributed by atoms with E-state index in [4.69, 9.17) is 4.74 Å². The van der Waals surface area contributed by atoms with Crippen LogP contribution in [0.25, 0.3) is 10.8 Å². The van der Waals surface area contributed by atoms with Crippen LogP contribution in [0.3, 0.4) is 0 Å². The molecule has 0 spiro atoms. The van der Waals surface area contributed by atoms with Crippen LogP contribution >= 0.6 is 11.8 Å². The smallest absolute Gasteiger partial charge is 0.345 e. The Morgan fingerprint density at radius 1 is 1.28 bits per heavy atom. The summed E-state index contributed by atoms with van der Waals surface area (Å²) in [6.07, 6.45) is 0. The molecule has 0 aliphatic heterocycles. The highest BCUT2D eigenvalue weighted by Gasteiger charge is 2.17. The first-order chi connectivity index (χ1) is 8.70. The van der Waals surface area contributed by atoms with Crippen molar-refractivity contribution in [2.24, 2.45) is 0 Å². The van der Waals surface area contributed by atoms with Gasteiger partial charge in [-0.2, -0.15) is 0 Å². The lowest BCUT2D eigenvalue weighted by Gasteiger charge is -2.09. The van der Waals surface area contributed by atoms with E-state index in [1.807, 2.05) is 42.5 Å². The minimum absolute atomic E-state index is 0.272. The van der Waals surface area contributed by atoms with Gasteiger partial charge in [0.1, 0.15) is 0 Å². The van der Waals surface area contributed by atoms with Crippen LogP contribution in [0.2, 0.25) is 0 Å². The molecule has 3 nitrogen and oxygen atoms in total. The predicted octanol–water partition coefficient (Wildman–Crippen LogP) is 2.81. The molecule has 0 aromatic heterocycles. The summed E-state index contributed by atoms with van der Waals surface area (Å²) >= 11 is 1.09. The van der Waals surface area contributed by atoms with Gasteiger partial charge in [-0.05, 0) is 29.8 Å². The number of rotatable bonds is 4. The molecule has 0 saturated carbocycles. The summed E-state index contributed by atoms with van der Waals surface area (Å²) in [5, 5.41) is 11.9. The third-order valence-electron chi connectivity index (χ3n) is 2.46. The van der Waals surface area contributed by atoms with E-state index in [-0.39, 0.29) is 6.61 Å². The first kappa shape index (κ1) is 12.9. The number of aliphatic hydroxyl groups excluding tert-OH is 1. The first-order valence-electron chi connectivity index (χ1n) is 5.71. The van der Waals surface area contributed by atoms with Crippen LogP contribution in [0.15, 0.2) is 47.4 Å². The van der Waals surface area contributed by atoms with Crippen molar-refractivity contribution in [2.75, 3.05) is 6.61 Å². The number of ether oxygens (including phenoxy) is 1. The minimum Gasteiger partial charge on any atom is -0.463 e. The third kappa shape index (κ3) is 3.03. The van der Waals surface area contributed by atoms with Gasteiger partial charge in [0.15, 0.2) is 0 Å². The molecule has 1 unspecified atom stereocenters. The van der Waals surface area contributed by atoms with Crippen molar-refractivity contribution >= 4 is 28.5 Å². The Bertz CT molecular complexity index is 553. The normalized spacial score (nSPS) is 12.3. The standard InChI is InChI=1S/C14H14O3S/c1-2-17-13(15)14(16)18-12-8-7-10-5-3-4-6-11(10)9-12/h3-9,14,16H,2H2,1H3. The van der Waals surface area contributed by atoms with E-state index in [1.165, 1.54) is 0 Å². The van der Waals surface area contributed by atoms with E-state index in [1.54, 1.807) is 6.92 Å². The summed E-state index contributed by atoms with van der Waals surface area (Å²) in [6, 6.07) is 13.7. The van der Waals surface area contributed by atoms with Crippen molar-refractivity contribution in [1.29, 1.82) is 0 Å². The van der Waals surface area contributed by atoms with Gasteiger partial charge in [-0.15, -0.1) is 0 Å². The highest BCUT2D eigenvalue weighted by molar-refractivity contribution is 8.00. The molecule has 0 aliphatic carbocycles. The second-order valence-electron chi connectivity index (χ2n) is 3.73. The fourth-order valence-electron chi connectivity index (χ4n) is 1.63. The molecule has 0 saturated heterocycles. The molecule has 1 N–H and O–H groups in total. The van der Waals surface area contributed by atoms with Gasteiger partial charge in [-0.1, -0.05) is 42.1 Å². The SMILES string of the molecule is CCOC(=O)C(O)Sc1ccc2ccccc2c1. The first-order valence-corrected chi connectivity index (χ1v) is 6.59. The monoisotopic (exact) mass is 262 g/mol. The summed E-state index contributed by atoms with van der Waals surface area (Å²) < 4.78 is 4.75. The Morgan fingerprint density at radius 2 is 2.00 bits per heavy atom. The topological polar surface area (TPSA) is 46.5 Å². The Labute approximate surface area is 110 Å². The van der Waals surface area contributed by atoms with E-state index < -0.39 is 11.4 Å². The molecule has 2 aromatic carbocycles. The lowest BCUT2D eigenvalue weighted by molar-refractivity contribution is -0.148. The summed E-state index contributed by atoms with van der Waals surface area (Å²) in [6.45, 7) is 1.99. The fraction of sp³-hybridized carbons (Fsp3) is 0.214. The number of fused-ring (bicyclic) bond motifs is 1. The number of carbonyl (C=O) groups is 1. The molecule has 4 heteroatoms. The number of hydrogen-bond donors (Lipinski definition) is 1. The van der Waals surface area contributed by atoms with Crippen LogP contribution in [0.1, 0.15) is 6.92 Å². The number of hydrogen-bond acceptors (Lipinski definition) is 4. The number of aliphatic hydroxyl groups is 1. The summed E-state index contributed by atoms with van der Waals surface area (Å²) in [7, 11) is 0. The Morgan fingerprint density at radius 3 is 2.72 bits per heavy atom. The molecule has 0 bridgehead atoms. The quantitative estimate of drug-likeness (QED) is 0.523. The van der Waals surface area contributed by atoms with Crippen molar-refractivity contribution in [1.82, 2.24) is 0 Å². The molecule has 18 heavy (non-hydrogen) atoms. The maximum absolute atomic E-state index is 11.3. The summed E-state index contributed by atoms with van der Waals surface area (Å²) in [5.41, 5.74) is -1.17. The maximum atomic E-state index is 11.3. The van der Waals surface area contributed by atoms with Gasteiger partial charge in [0.2, 0.25) is 5.44 Å². The molecule has 0 aliphatic rings. The van der Waals surface area contributed by atoms with E-state index >= 15 is 0 Å². The molecule has 0 fully saturated rings. The lowest BCUT2D eigenvalue weighted by atomic mass is 10.1. The van der Waals surface area contributed by atoms with E-state index in [0.717, 1.165) is 27.4 Å². The van der Waals surface area contributed by atoms with Crippen LogP contribution in [0.4, 0.5) is 0 Å². The molecule has 0 heterocycles. The van der Waals surface area contributed by atoms with Gasteiger partial charge in [-0.3, -0.25) is 0 Å². The highest BCUT2D eigenvalue weighted by atomic mass is 32.2. The zero-order chi connectivity index (χ0) is 13.0. The van der Waals surface area contributed by atoms with Gasteiger partial charge in [0.05, 0.1) is 6.61 Å². The molecule has 0 amide bonds. The predicted molar refractivity (Wildman–Crippen MR) is 72.4 cm³/mol. The Hall–Kier alpha value is -1.52. The van der Waals surface area contributed by atoms with E-state index in [0.29, 0.717) is 0 Å². The molecular formula is C14H14O3S. The summed E-state index contributed by atoms with van der Waals surface area (Å²) in [5.74, 6) is -0.601. The van der Waals surface area contributed by atoms with Gasteiger partial charge in [0.25, 0.3) is 0 Å². The second-order valence-corrected chi connectivity index (χ2v) is 4.88. The highest BCUT2D eigenvalue weighted by Crippen LogP contribution is 2.26. The van der Waals surface area contributed by atoms with Crippen LogP contribution in [0, 0.1) is 0 Å². The van der Waals surface area contributed by atoms with Crippen LogP contribution in [-0.2, 0) is 9.53 Å². The zero-order valence-electron chi connectivity index (χ0n) is 10.00. The third-order valence-corrected chi connectivity index (χ3v) is 3.40. The number of esters is 1. The van der Waals surface area contributed by atoms with Crippen LogP contribution < -0.4 is 0 Å². The van der Waals surface area contributed by atoms with Crippen molar-refractivity contribution in [3.8, 4) is 0 Å². The van der Waals surface area contributed by atoms with E-state index in [2.05, 4.69) is 0 Å². The number of carbonyl (C=O) groups excluding carboxylic acids is 1. The van der Waals surface area contributed by atoms with Crippen molar-refractivity contribution in [3.63, 3.8) is 0 Å². The molecular weight excluding hydrogens is 248 g/mol. The summed E-state index contributed by atoms with van der Waals surface area (Å²) in [4.78, 5) is 12.2. The minimum atomic E-state index is -1.17. The molecule has 94 valence electrons. The molecule has 0 radical (unpaired) electrons. The van der Waals surface area contributed by atoms with Crippen LogP contribution in [-0.4, -0.2) is 23.1 Å². The second kappa shape index (κ2) is 5.89. The molecule has 1 atom stereocenters. The van der Waals surface area contributed by atoms with E-state index in [9.17, 15) is 9.90 Å². The molecule has 2 aromatic rings. The fourth-order valence-corrected chi connectivity index (χ4v) is 2.39. The lowest BCUT2D eigenvalue weighted by Crippen LogP contribution is -2.19. The Kier molecular flexibility index (Phi) is 4.23. The van der Waals surface area contributed by atoms with Gasteiger partial charge >= 0.3 is 5.97 Å². The van der Waals surface area contributed by atoms with Crippen molar-refractivity contribution in [3.05, 3.63) is 42.5 Å². The Balaban J connectivity index is 2.14. The van der Waals surface area contributed by atoms with Crippen molar-refractivity contribution < 1.29 is 14.6 Å².